The average molecular weight is 356 g/mol. The van der Waals surface area contributed by atoms with Crippen molar-refractivity contribution in [1.29, 1.82) is 0 Å². The highest BCUT2D eigenvalue weighted by Crippen LogP contribution is 2.24. The molecule has 0 saturated heterocycles. The molecule has 7 heteroatoms. The van der Waals surface area contributed by atoms with E-state index in [1.807, 2.05) is 0 Å². The Kier molecular flexibility index (Phi) is 6.86. The molecular weight excluding hydrogens is 337 g/mol. The number of benzene rings is 1. The topological polar surface area (TPSA) is 70.6 Å². The van der Waals surface area contributed by atoms with Crippen molar-refractivity contribution in [2.75, 3.05) is 5.32 Å². The number of carbonyl (C=O) groups excluding carboxylic acids is 2. The quantitative estimate of drug-likeness (QED) is 0.617. The second-order valence-corrected chi connectivity index (χ2v) is 6.28. The van der Waals surface area contributed by atoms with Gasteiger partial charge in [-0.1, -0.05) is 42.5 Å². The van der Waals surface area contributed by atoms with Gasteiger partial charge in [-0.05, 0) is 43.9 Å². The van der Waals surface area contributed by atoms with Crippen LogP contribution in [0.1, 0.15) is 44.9 Å². The van der Waals surface area contributed by atoms with Crippen molar-refractivity contribution in [3.05, 3.63) is 28.2 Å². The summed E-state index contributed by atoms with van der Waals surface area (Å²) in [5, 5.41) is 7.23. The van der Waals surface area contributed by atoms with E-state index in [2.05, 4.69) is 15.8 Å². The molecule has 1 aromatic carbocycles. The number of hydrogen-bond donors (Lipinski definition) is 2. The van der Waals surface area contributed by atoms with Crippen LogP contribution in [0.25, 0.3) is 0 Å². The summed E-state index contributed by atoms with van der Waals surface area (Å²) >= 11 is 11.7. The maximum atomic E-state index is 11.8. The van der Waals surface area contributed by atoms with Gasteiger partial charge in [0.25, 0.3) is 0 Å². The molecule has 0 bridgehead atoms. The predicted molar refractivity (Wildman–Crippen MR) is 93.0 cm³/mol. The number of hydrogen-bond acceptors (Lipinski definition) is 3. The fourth-order valence-corrected chi connectivity index (χ4v) is 2.67. The predicted octanol–water partition coefficient (Wildman–Crippen LogP) is 4.15. The van der Waals surface area contributed by atoms with Crippen molar-refractivity contribution in [3.8, 4) is 0 Å². The maximum absolute atomic E-state index is 11.8. The zero-order valence-corrected chi connectivity index (χ0v) is 14.2. The zero-order valence-electron chi connectivity index (χ0n) is 12.7. The number of amides is 2. The largest absolute Gasteiger partial charge is 0.329 e. The van der Waals surface area contributed by atoms with Gasteiger partial charge in [0.2, 0.25) is 0 Å². The summed E-state index contributed by atoms with van der Waals surface area (Å²) in [6, 6.07) is 4.60. The van der Waals surface area contributed by atoms with E-state index in [9.17, 15) is 9.59 Å². The molecule has 0 spiro atoms. The van der Waals surface area contributed by atoms with Crippen LogP contribution >= 0.6 is 23.2 Å². The molecule has 23 heavy (non-hydrogen) atoms. The fraction of sp³-hybridized carbons (Fsp3) is 0.438. The number of anilines is 1. The van der Waals surface area contributed by atoms with Gasteiger partial charge in [0.05, 0.1) is 10.0 Å². The van der Waals surface area contributed by atoms with Crippen molar-refractivity contribution in [2.24, 2.45) is 5.10 Å². The number of nitrogens with one attached hydrogen (secondary N) is 2. The van der Waals surface area contributed by atoms with Gasteiger partial charge < -0.3 is 5.32 Å². The Morgan fingerprint density at radius 3 is 2.22 bits per heavy atom. The monoisotopic (exact) mass is 355 g/mol. The Hall–Kier alpha value is -1.59. The minimum absolute atomic E-state index is 0.305. The highest BCUT2D eigenvalue weighted by Gasteiger charge is 2.14. The second kappa shape index (κ2) is 8.89. The fourth-order valence-electron chi connectivity index (χ4n) is 2.37. The SMILES string of the molecule is O=C(NN=C1CCCCCCC1)C(=O)Nc1ccc(Cl)c(Cl)c1. The molecule has 5 nitrogen and oxygen atoms in total. The van der Waals surface area contributed by atoms with Crippen LogP contribution in [0.5, 0.6) is 0 Å². The lowest BCUT2D eigenvalue weighted by Gasteiger charge is -2.11. The maximum Gasteiger partial charge on any atom is 0.329 e. The van der Waals surface area contributed by atoms with Crippen molar-refractivity contribution in [3.63, 3.8) is 0 Å². The molecule has 0 radical (unpaired) electrons. The molecule has 0 aromatic heterocycles. The minimum Gasteiger partial charge on any atom is -0.318 e. The summed E-state index contributed by atoms with van der Waals surface area (Å²) < 4.78 is 0. The zero-order chi connectivity index (χ0) is 16.7. The lowest BCUT2D eigenvalue weighted by molar-refractivity contribution is -0.136. The minimum atomic E-state index is -0.800. The van der Waals surface area contributed by atoms with E-state index in [0.29, 0.717) is 15.7 Å². The third-order valence-electron chi connectivity index (χ3n) is 3.63. The Morgan fingerprint density at radius 2 is 1.57 bits per heavy atom. The van der Waals surface area contributed by atoms with Crippen molar-refractivity contribution >= 4 is 46.4 Å². The molecule has 1 aliphatic rings. The second-order valence-electron chi connectivity index (χ2n) is 5.47. The number of nitrogens with zero attached hydrogens (tertiary/aromatic N) is 1. The van der Waals surface area contributed by atoms with E-state index in [4.69, 9.17) is 23.2 Å². The van der Waals surface area contributed by atoms with E-state index in [1.165, 1.54) is 25.3 Å². The Labute approximate surface area is 145 Å². The number of halogens is 2. The lowest BCUT2D eigenvalue weighted by atomic mass is 9.99. The molecule has 0 atom stereocenters. The van der Waals surface area contributed by atoms with E-state index >= 15 is 0 Å². The van der Waals surface area contributed by atoms with Crippen molar-refractivity contribution < 1.29 is 9.59 Å². The van der Waals surface area contributed by atoms with Crippen LogP contribution in [0.3, 0.4) is 0 Å². The summed E-state index contributed by atoms with van der Waals surface area (Å²) in [6.45, 7) is 0. The molecule has 1 aliphatic carbocycles. The average Bonchev–Trinajstić information content (AvgIpc) is 2.49. The normalized spacial score (nSPS) is 15.3. The smallest absolute Gasteiger partial charge is 0.318 e. The van der Waals surface area contributed by atoms with Crippen molar-refractivity contribution in [2.45, 2.75) is 44.9 Å². The molecule has 124 valence electrons. The Morgan fingerprint density at radius 1 is 0.913 bits per heavy atom. The molecule has 2 N–H and O–H groups in total. The number of carbonyl (C=O) groups is 2. The third-order valence-corrected chi connectivity index (χ3v) is 4.37. The summed E-state index contributed by atoms with van der Waals surface area (Å²) in [4.78, 5) is 23.6. The summed E-state index contributed by atoms with van der Waals surface area (Å²) in [5.74, 6) is -1.59. The first-order valence-corrected chi connectivity index (χ1v) is 8.43. The Balaban J connectivity index is 1.88. The van der Waals surface area contributed by atoms with Gasteiger partial charge in [-0.3, -0.25) is 9.59 Å². The lowest BCUT2D eigenvalue weighted by Crippen LogP contribution is -2.33. The molecule has 2 amide bonds. The van der Waals surface area contributed by atoms with Gasteiger partial charge in [0.15, 0.2) is 0 Å². The van der Waals surface area contributed by atoms with Crippen LogP contribution in [-0.2, 0) is 9.59 Å². The van der Waals surface area contributed by atoms with Gasteiger partial charge >= 0.3 is 11.8 Å². The number of hydrazone groups is 1. The molecule has 1 saturated carbocycles. The van der Waals surface area contributed by atoms with Crippen LogP contribution in [0, 0.1) is 0 Å². The van der Waals surface area contributed by atoms with Gasteiger partial charge in [0, 0.05) is 11.4 Å². The molecule has 1 aromatic rings. The van der Waals surface area contributed by atoms with E-state index in [0.717, 1.165) is 31.4 Å². The van der Waals surface area contributed by atoms with E-state index in [-0.39, 0.29) is 0 Å². The highest BCUT2D eigenvalue weighted by atomic mass is 35.5. The highest BCUT2D eigenvalue weighted by molar-refractivity contribution is 6.42. The van der Waals surface area contributed by atoms with Gasteiger partial charge in [-0.2, -0.15) is 5.10 Å². The van der Waals surface area contributed by atoms with Gasteiger partial charge in [-0.25, -0.2) is 5.43 Å². The molecular formula is C16H19Cl2N3O2. The molecule has 1 fully saturated rings. The van der Waals surface area contributed by atoms with Crippen LogP contribution in [0.2, 0.25) is 10.0 Å². The molecule has 2 rings (SSSR count). The standard InChI is InChI=1S/C16H19Cl2N3O2/c17-13-9-8-12(10-14(13)18)19-15(22)16(23)21-20-11-6-4-2-1-3-5-7-11/h8-10H,1-7H2,(H,19,22)(H,21,23). The van der Waals surface area contributed by atoms with E-state index < -0.39 is 11.8 Å². The first-order chi connectivity index (χ1) is 11.1. The van der Waals surface area contributed by atoms with Crippen molar-refractivity contribution in [1.82, 2.24) is 5.43 Å². The first kappa shape index (κ1) is 17.8. The van der Waals surface area contributed by atoms with Gasteiger partial charge in [-0.15, -0.1) is 0 Å². The first-order valence-electron chi connectivity index (χ1n) is 7.68. The molecule has 0 aliphatic heterocycles. The summed E-state index contributed by atoms with van der Waals surface area (Å²) in [6.07, 6.45) is 7.51. The summed E-state index contributed by atoms with van der Waals surface area (Å²) in [7, 11) is 0. The summed E-state index contributed by atoms with van der Waals surface area (Å²) in [5.41, 5.74) is 3.67. The van der Waals surface area contributed by atoms with Crippen LogP contribution in [-0.4, -0.2) is 17.5 Å². The Bertz CT molecular complexity index is 607. The van der Waals surface area contributed by atoms with Crippen LogP contribution in [0.15, 0.2) is 23.3 Å². The van der Waals surface area contributed by atoms with Gasteiger partial charge in [0.1, 0.15) is 0 Å². The van der Waals surface area contributed by atoms with Crippen LogP contribution < -0.4 is 10.7 Å². The molecule has 0 unspecified atom stereocenters. The number of rotatable bonds is 2. The molecule has 0 heterocycles. The van der Waals surface area contributed by atoms with E-state index in [1.54, 1.807) is 12.1 Å². The third kappa shape index (κ3) is 5.84. The van der Waals surface area contributed by atoms with Crippen LogP contribution in [0.4, 0.5) is 5.69 Å².